The van der Waals surface area contributed by atoms with Crippen LogP contribution in [0.15, 0.2) is 65.1 Å². The second-order valence-electron chi connectivity index (χ2n) is 5.02. The first-order chi connectivity index (χ1) is 10.2. The van der Waals surface area contributed by atoms with E-state index in [0.29, 0.717) is 12.3 Å². The Labute approximate surface area is 132 Å². The Morgan fingerprint density at radius 1 is 0.905 bits per heavy atom. The van der Waals surface area contributed by atoms with Crippen LogP contribution in [0, 0.1) is 0 Å². The van der Waals surface area contributed by atoms with Gasteiger partial charge in [-0.3, -0.25) is 0 Å². The lowest BCUT2D eigenvalue weighted by molar-refractivity contribution is 0.466. The first-order valence-electron chi connectivity index (χ1n) is 6.89. The van der Waals surface area contributed by atoms with E-state index in [4.69, 9.17) is 0 Å². The first-order valence-corrected chi connectivity index (χ1v) is 7.68. The zero-order valence-electron chi connectivity index (χ0n) is 11.5. The van der Waals surface area contributed by atoms with Gasteiger partial charge in [0, 0.05) is 23.1 Å². The molecule has 0 aliphatic rings. The van der Waals surface area contributed by atoms with Gasteiger partial charge in [-0.05, 0) is 34.5 Å². The van der Waals surface area contributed by atoms with Crippen LogP contribution >= 0.6 is 15.9 Å². The fraction of sp³-hybridized carbons (Fsp3) is 0.111. The molecule has 0 spiro atoms. The van der Waals surface area contributed by atoms with Crippen molar-refractivity contribution in [2.45, 2.75) is 13.1 Å². The van der Waals surface area contributed by atoms with E-state index in [-0.39, 0.29) is 0 Å². The summed E-state index contributed by atoms with van der Waals surface area (Å²) in [5.41, 5.74) is 2.16. The Morgan fingerprint density at radius 3 is 2.62 bits per heavy atom. The summed E-state index contributed by atoms with van der Waals surface area (Å²) in [6.07, 6.45) is 0. The van der Waals surface area contributed by atoms with Gasteiger partial charge in [0.1, 0.15) is 5.75 Å². The standard InChI is InChI=1S/C18H16BrNO/c19-15-6-3-4-13(10-15)11-20-12-17-16-7-2-1-5-14(16)8-9-18(17)21/h1-10,20-21H,11-12H2. The molecule has 0 saturated heterocycles. The van der Waals surface area contributed by atoms with E-state index >= 15 is 0 Å². The van der Waals surface area contributed by atoms with Crippen molar-refractivity contribution < 1.29 is 5.11 Å². The van der Waals surface area contributed by atoms with Crippen LogP contribution in [0.3, 0.4) is 0 Å². The lowest BCUT2D eigenvalue weighted by atomic mass is 10.0. The van der Waals surface area contributed by atoms with Crippen LogP contribution in [0.25, 0.3) is 10.8 Å². The maximum absolute atomic E-state index is 10.1. The molecular formula is C18H16BrNO. The molecule has 3 aromatic carbocycles. The van der Waals surface area contributed by atoms with Gasteiger partial charge >= 0.3 is 0 Å². The average molecular weight is 342 g/mol. The summed E-state index contributed by atoms with van der Waals surface area (Å²) in [4.78, 5) is 0. The molecule has 0 unspecified atom stereocenters. The van der Waals surface area contributed by atoms with Gasteiger partial charge in [0.25, 0.3) is 0 Å². The molecule has 106 valence electrons. The molecule has 2 N–H and O–H groups in total. The SMILES string of the molecule is Oc1ccc2ccccc2c1CNCc1cccc(Br)c1. The molecule has 0 amide bonds. The molecule has 0 atom stereocenters. The number of hydrogen-bond donors (Lipinski definition) is 2. The summed E-state index contributed by atoms with van der Waals surface area (Å²) < 4.78 is 1.08. The third kappa shape index (κ3) is 3.26. The summed E-state index contributed by atoms with van der Waals surface area (Å²) in [6.45, 7) is 1.40. The van der Waals surface area contributed by atoms with E-state index in [1.165, 1.54) is 5.56 Å². The summed E-state index contributed by atoms with van der Waals surface area (Å²) >= 11 is 3.48. The Bertz CT molecular complexity index is 770. The Morgan fingerprint density at radius 2 is 1.76 bits per heavy atom. The maximum Gasteiger partial charge on any atom is 0.120 e. The van der Waals surface area contributed by atoms with Crippen LogP contribution < -0.4 is 5.32 Å². The smallest absolute Gasteiger partial charge is 0.120 e. The van der Waals surface area contributed by atoms with Crippen LogP contribution in [0.4, 0.5) is 0 Å². The number of rotatable bonds is 4. The molecule has 0 heterocycles. The van der Waals surface area contributed by atoms with Crippen LogP contribution in [0.2, 0.25) is 0 Å². The van der Waals surface area contributed by atoms with Crippen LogP contribution in [-0.4, -0.2) is 5.11 Å². The minimum atomic E-state index is 0.343. The number of phenolic OH excluding ortho intramolecular Hbond substituents is 1. The Hall–Kier alpha value is -1.84. The lowest BCUT2D eigenvalue weighted by Gasteiger charge is -2.10. The Balaban J connectivity index is 1.77. The third-order valence-corrected chi connectivity index (χ3v) is 4.03. The number of hydrogen-bond acceptors (Lipinski definition) is 2. The molecule has 2 nitrogen and oxygen atoms in total. The van der Waals surface area contributed by atoms with Gasteiger partial charge in [-0.1, -0.05) is 58.4 Å². The van der Waals surface area contributed by atoms with Gasteiger partial charge in [-0.2, -0.15) is 0 Å². The lowest BCUT2D eigenvalue weighted by Crippen LogP contribution is -2.13. The predicted octanol–water partition coefficient (Wildman–Crippen LogP) is 4.60. The van der Waals surface area contributed by atoms with Gasteiger partial charge in [0.05, 0.1) is 0 Å². The van der Waals surface area contributed by atoms with Crippen LogP contribution in [-0.2, 0) is 13.1 Å². The van der Waals surface area contributed by atoms with E-state index in [9.17, 15) is 5.11 Å². The van der Waals surface area contributed by atoms with E-state index in [2.05, 4.69) is 39.4 Å². The normalized spacial score (nSPS) is 10.9. The maximum atomic E-state index is 10.1. The largest absolute Gasteiger partial charge is 0.508 e. The van der Waals surface area contributed by atoms with E-state index < -0.39 is 0 Å². The quantitative estimate of drug-likeness (QED) is 0.726. The predicted molar refractivity (Wildman–Crippen MR) is 90.3 cm³/mol. The zero-order valence-corrected chi connectivity index (χ0v) is 13.1. The second-order valence-corrected chi connectivity index (χ2v) is 5.93. The molecule has 0 aromatic heterocycles. The van der Waals surface area contributed by atoms with Crippen molar-refractivity contribution in [2.24, 2.45) is 0 Å². The zero-order chi connectivity index (χ0) is 14.7. The number of halogens is 1. The molecule has 0 fully saturated rings. The molecule has 3 rings (SSSR count). The molecule has 21 heavy (non-hydrogen) atoms. The molecule has 0 aliphatic heterocycles. The summed E-state index contributed by atoms with van der Waals surface area (Å²) in [5, 5.41) is 15.7. The second kappa shape index (κ2) is 6.29. The molecule has 0 bridgehead atoms. The van der Waals surface area contributed by atoms with E-state index in [1.807, 2.05) is 36.4 Å². The molecule has 3 aromatic rings. The molecule has 3 heteroatoms. The highest BCUT2D eigenvalue weighted by molar-refractivity contribution is 9.10. The van der Waals surface area contributed by atoms with Crippen molar-refractivity contribution in [3.8, 4) is 5.75 Å². The summed E-state index contributed by atoms with van der Waals surface area (Å²) in [7, 11) is 0. The molecule has 0 saturated carbocycles. The highest BCUT2D eigenvalue weighted by Gasteiger charge is 2.06. The van der Waals surface area contributed by atoms with Crippen molar-refractivity contribution in [3.63, 3.8) is 0 Å². The van der Waals surface area contributed by atoms with Gasteiger partial charge in [-0.15, -0.1) is 0 Å². The van der Waals surface area contributed by atoms with E-state index in [0.717, 1.165) is 27.4 Å². The van der Waals surface area contributed by atoms with Crippen molar-refractivity contribution >= 4 is 26.7 Å². The highest BCUT2D eigenvalue weighted by Crippen LogP contribution is 2.26. The average Bonchev–Trinajstić information content (AvgIpc) is 2.50. The minimum absolute atomic E-state index is 0.343. The minimum Gasteiger partial charge on any atom is -0.508 e. The van der Waals surface area contributed by atoms with E-state index in [1.54, 1.807) is 6.07 Å². The van der Waals surface area contributed by atoms with Crippen LogP contribution in [0.5, 0.6) is 5.75 Å². The number of aromatic hydroxyl groups is 1. The monoisotopic (exact) mass is 341 g/mol. The van der Waals surface area contributed by atoms with Crippen molar-refractivity contribution in [3.05, 3.63) is 76.3 Å². The number of phenols is 1. The number of fused-ring (bicyclic) bond motifs is 1. The summed E-state index contributed by atoms with van der Waals surface area (Å²) in [6, 6.07) is 20.0. The van der Waals surface area contributed by atoms with Gasteiger partial charge in [-0.25, -0.2) is 0 Å². The molecular weight excluding hydrogens is 326 g/mol. The van der Waals surface area contributed by atoms with Crippen molar-refractivity contribution in [2.75, 3.05) is 0 Å². The number of nitrogens with one attached hydrogen (secondary N) is 1. The topological polar surface area (TPSA) is 32.3 Å². The molecule has 0 radical (unpaired) electrons. The van der Waals surface area contributed by atoms with Crippen molar-refractivity contribution in [1.82, 2.24) is 5.32 Å². The number of benzene rings is 3. The fourth-order valence-corrected chi connectivity index (χ4v) is 2.94. The first kappa shape index (κ1) is 14.1. The van der Waals surface area contributed by atoms with Crippen molar-refractivity contribution in [1.29, 1.82) is 0 Å². The fourth-order valence-electron chi connectivity index (χ4n) is 2.49. The third-order valence-electron chi connectivity index (χ3n) is 3.54. The highest BCUT2D eigenvalue weighted by atomic mass is 79.9. The molecule has 0 aliphatic carbocycles. The van der Waals surface area contributed by atoms with Gasteiger partial charge < -0.3 is 10.4 Å². The van der Waals surface area contributed by atoms with Crippen LogP contribution in [0.1, 0.15) is 11.1 Å². The summed E-state index contributed by atoms with van der Waals surface area (Å²) in [5.74, 6) is 0.343. The van der Waals surface area contributed by atoms with Gasteiger partial charge in [0.2, 0.25) is 0 Å². The van der Waals surface area contributed by atoms with Gasteiger partial charge in [0.15, 0.2) is 0 Å². The Kier molecular flexibility index (Phi) is 4.23.